The third kappa shape index (κ3) is 5.05. The first-order valence-electron chi connectivity index (χ1n) is 9.78. The van der Waals surface area contributed by atoms with Crippen molar-refractivity contribution in [3.63, 3.8) is 0 Å². The molecule has 7 nitrogen and oxygen atoms in total. The second-order valence-corrected chi connectivity index (χ2v) is 9.80. The number of hydrogen-bond donors (Lipinski definition) is 1. The van der Waals surface area contributed by atoms with Crippen LogP contribution in [0.25, 0.3) is 0 Å². The smallest absolute Gasteiger partial charge is 0.451 e. The Morgan fingerprint density at radius 2 is 2.10 bits per heavy atom. The number of rotatable bonds is 6. The number of carbonyl (C=O) groups excluding carboxylic acids is 2. The highest BCUT2D eigenvalue weighted by molar-refractivity contribution is 8.00. The van der Waals surface area contributed by atoms with E-state index < -0.39 is 29.1 Å². The SMILES string of the molecule is CCOC(=O)c1c(NC(=O)C(C)Sc2nnc(C(F)(F)F)n2C)sc2c1CCC(C)C2. The number of nitrogens with one attached hydrogen (secondary N) is 1. The van der Waals surface area contributed by atoms with Crippen molar-refractivity contribution >= 4 is 40.0 Å². The van der Waals surface area contributed by atoms with Gasteiger partial charge in [0, 0.05) is 11.9 Å². The lowest BCUT2D eigenvalue weighted by Crippen LogP contribution is -2.24. The van der Waals surface area contributed by atoms with Crippen molar-refractivity contribution in [1.82, 2.24) is 14.8 Å². The summed E-state index contributed by atoms with van der Waals surface area (Å²) < 4.78 is 44.7. The molecule has 0 spiro atoms. The molecule has 0 aromatic carbocycles. The van der Waals surface area contributed by atoms with E-state index in [0.717, 1.165) is 46.0 Å². The van der Waals surface area contributed by atoms with Crippen molar-refractivity contribution < 1.29 is 27.5 Å². The summed E-state index contributed by atoms with van der Waals surface area (Å²) in [5.41, 5.74) is 1.30. The number of amides is 1. The average Bonchev–Trinajstić information content (AvgIpc) is 3.21. The average molecular weight is 477 g/mol. The molecule has 0 saturated carbocycles. The van der Waals surface area contributed by atoms with E-state index in [0.29, 0.717) is 16.5 Å². The summed E-state index contributed by atoms with van der Waals surface area (Å²) in [7, 11) is 1.20. The maximum atomic E-state index is 12.9. The van der Waals surface area contributed by atoms with Gasteiger partial charge in [-0.1, -0.05) is 18.7 Å². The van der Waals surface area contributed by atoms with E-state index in [1.165, 1.54) is 18.4 Å². The number of thiophene rings is 1. The minimum atomic E-state index is -4.63. The highest BCUT2D eigenvalue weighted by atomic mass is 32.2. The highest BCUT2D eigenvalue weighted by Gasteiger charge is 2.38. The number of anilines is 1. The van der Waals surface area contributed by atoms with Gasteiger partial charge in [0.05, 0.1) is 17.4 Å². The van der Waals surface area contributed by atoms with Gasteiger partial charge < -0.3 is 14.6 Å². The molecule has 2 aromatic heterocycles. The van der Waals surface area contributed by atoms with Crippen molar-refractivity contribution in [3.8, 4) is 0 Å². The summed E-state index contributed by atoms with van der Waals surface area (Å²) in [5.74, 6) is -1.57. The fraction of sp³-hybridized carbons (Fsp3) is 0.579. The molecule has 0 fully saturated rings. The van der Waals surface area contributed by atoms with Crippen LogP contribution in [-0.4, -0.2) is 38.5 Å². The maximum absolute atomic E-state index is 12.9. The number of ether oxygens (including phenoxy) is 1. The number of carbonyl (C=O) groups is 2. The molecule has 1 amide bonds. The summed E-state index contributed by atoms with van der Waals surface area (Å²) in [4.78, 5) is 26.4. The number of halogens is 3. The van der Waals surface area contributed by atoms with Gasteiger partial charge in [-0.2, -0.15) is 13.2 Å². The fourth-order valence-corrected chi connectivity index (χ4v) is 5.56. The molecule has 1 aliphatic rings. The van der Waals surface area contributed by atoms with Crippen molar-refractivity contribution in [3.05, 3.63) is 21.8 Å². The third-order valence-corrected chi connectivity index (χ3v) is 7.27. The first-order chi connectivity index (χ1) is 14.5. The van der Waals surface area contributed by atoms with Gasteiger partial charge >= 0.3 is 12.1 Å². The van der Waals surface area contributed by atoms with E-state index in [2.05, 4.69) is 22.4 Å². The van der Waals surface area contributed by atoms with E-state index in [1.807, 2.05) is 0 Å². The first kappa shape index (κ1) is 23.6. The van der Waals surface area contributed by atoms with Crippen LogP contribution >= 0.6 is 23.1 Å². The molecule has 170 valence electrons. The zero-order valence-corrected chi connectivity index (χ0v) is 19.1. The molecular weight excluding hydrogens is 453 g/mol. The van der Waals surface area contributed by atoms with Crippen LogP contribution in [0.15, 0.2) is 5.16 Å². The molecule has 2 heterocycles. The minimum absolute atomic E-state index is 0.0279. The lowest BCUT2D eigenvalue weighted by atomic mass is 9.88. The number of nitrogens with zero attached hydrogens (tertiary/aromatic N) is 3. The molecule has 31 heavy (non-hydrogen) atoms. The molecule has 0 bridgehead atoms. The molecule has 2 atom stereocenters. The van der Waals surface area contributed by atoms with Crippen LogP contribution in [0, 0.1) is 5.92 Å². The van der Waals surface area contributed by atoms with E-state index in [-0.39, 0.29) is 11.8 Å². The zero-order valence-electron chi connectivity index (χ0n) is 17.5. The van der Waals surface area contributed by atoms with Crippen LogP contribution in [0.3, 0.4) is 0 Å². The van der Waals surface area contributed by atoms with Crippen LogP contribution in [0.2, 0.25) is 0 Å². The number of aromatic nitrogens is 3. The van der Waals surface area contributed by atoms with E-state index >= 15 is 0 Å². The lowest BCUT2D eigenvalue weighted by Gasteiger charge is -2.18. The van der Waals surface area contributed by atoms with Crippen molar-refractivity contribution in [2.75, 3.05) is 11.9 Å². The number of alkyl halides is 3. The monoisotopic (exact) mass is 476 g/mol. The Kier molecular flexibility index (Phi) is 6.99. The number of fused-ring (bicyclic) bond motifs is 1. The highest BCUT2D eigenvalue weighted by Crippen LogP contribution is 2.40. The minimum Gasteiger partial charge on any atom is -0.462 e. The summed E-state index contributed by atoms with van der Waals surface area (Å²) in [5, 5.41) is 9.12. The predicted molar refractivity (Wildman–Crippen MR) is 111 cm³/mol. The van der Waals surface area contributed by atoms with E-state index in [1.54, 1.807) is 13.8 Å². The summed E-state index contributed by atoms with van der Waals surface area (Å²) in [6, 6.07) is 0. The molecule has 0 radical (unpaired) electrons. The lowest BCUT2D eigenvalue weighted by molar-refractivity contribution is -0.147. The number of hydrogen-bond acceptors (Lipinski definition) is 7. The second-order valence-electron chi connectivity index (χ2n) is 7.39. The standard InChI is InChI=1S/C19H23F3N4O3S2/c1-5-29-16(28)13-11-7-6-9(2)8-12(11)31-15(13)23-14(27)10(3)30-18-25-24-17(26(18)4)19(20,21)22/h9-10H,5-8H2,1-4H3,(H,23,27). The van der Waals surface area contributed by atoms with Gasteiger partial charge in [0.15, 0.2) is 5.16 Å². The first-order valence-corrected chi connectivity index (χ1v) is 11.5. The third-order valence-electron chi connectivity index (χ3n) is 4.97. The van der Waals surface area contributed by atoms with Gasteiger partial charge in [-0.15, -0.1) is 21.5 Å². The summed E-state index contributed by atoms with van der Waals surface area (Å²) >= 11 is 2.22. The molecule has 1 N–H and O–H groups in total. The van der Waals surface area contributed by atoms with Crippen LogP contribution in [0.5, 0.6) is 0 Å². The van der Waals surface area contributed by atoms with E-state index in [9.17, 15) is 22.8 Å². The Bertz CT molecular complexity index is 987. The molecule has 0 saturated heterocycles. The molecule has 3 rings (SSSR count). The van der Waals surface area contributed by atoms with Gasteiger partial charge in [-0.25, -0.2) is 4.79 Å². The molecule has 12 heteroatoms. The van der Waals surface area contributed by atoms with Crippen LogP contribution in [-0.2, 0) is 35.6 Å². The molecular formula is C19H23F3N4O3S2. The summed E-state index contributed by atoms with van der Waals surface area (Å²) in [6.45, 7) is 5.63. The number of thioether (sulfide) groups is 1. The molecule has 1 aliphatic carbocycles. The zero-order chi connectivity index (χ0) is 22.9. The fourth-order valence-electron chi connectivity index (χ4n) is 3.35. The summed E-state index contributed by atoms with van der Waals surface area (Å²) in [6.07, 6.45) is -2.12. The number of esters is 1. The van der Waals surface area contributed by atoms with Crippen LogP contribution in [0.4, 0.5) is 18.2 Å². The van der Waals surface area contributed by atoms with Gasteiger partial charge in [0.25, 0.3) is 0 Å². The molecule has 2 aromatic rings. The van der Waals surface area contributed by atoms with E-state index in [4.69, 9.17) is 4.74 Å². The largest absolute Gasteiger partial charge is 0.462 e. The Morgan fingerprint density at radius 1 is 1.39 bits per heavy atom. The quantitative estimate of drug-likeness (QED) is 0.494. The van der Waals surface area contributed by atoms with Crippen molar-refractivity contribution in [2.45, 2.75) is 56.6 Å². The van der Waals surface area contributed by atoms with Gasteiger partial charge in [-0.05, 0) is 44.6 Å². The topological polar surface area (TPSA) is 86.1 Å². The Balaban J connectivity index is 1.80. The van der Waals surface area contributed by atoms with Crippen LogP contribution < -0.4 is 5.32 Å². The van der Waals surface area contributed by atoms with Crippen molar-refractivity contribution in [2.24, 2.45) is 13.0 Å². The predicted octanol–water partition coefficient (Wildman–Crippen LogP) is 4.32. The van der Waals surface area contributed by atoms with Gasteiger partial charge in [0.2, 0.25) is 11.7 Å². The Hall–Kier alpha value is -2.08. The molecule has 2 unspecified atom stereocenters. The second kappa shape index (κ2) is 9.19. The van der Waals surface area contributed by atoms with Gasteiger partial charge in [-0.3, -0.25) is 4.79 Å². The molecule has 0 aliphatic heterocycles. The van der Waals surface area contributed by atoms with Gasteiger partial charge in [0.1, 0.15) is 5.00 Å². The Labute approximate surface area is 185 Å². The Morgan fingerprint density at radius 3 is 2.71 bits per heavy atom. The normalized spacial score (nSPS) is 17.2. The maximum Gasteiger partial charge on any atom is 0.451 e. The van der Waals surface area contributed by atoms with Crippen molar-refractivity contribution in [1.29, 1.82) is 0 Å². The van der Waals surface area contributed by atoms with Crippen LogP contribution in [0.1, 0.15) is 53.8 Å².